The molecular formula is C10H21NS. The lowest BCUT2D eigenvalue weighted by Gasteiger charge is -2.10. The topological polar surface area (TPSA) is 12.0 Å². The Labute approximate surface area is 80.7 Å². The van der Waals surface area contributed by atoms with Gasteiger partial charge in [0.25, 0.3) is 0 Å². The van der Waals surface area contributed by atoms with Crippen LogP contribution in [0.5, 0.6) is 0 Å². The van der Waals surface area contributed by atoms with Crippen LogP contribution >= 0.6 is 11.8 Å². The molecule has 1 aliphatic carbocycles. The minimum absolute atomic E-state index is 0.914. The van der Waals surface area contributed by atoms with E-state index in [1.54, 1.807) is 0 Å². The van der Waals surface area contributed by atoms with E-state index in [1.165, 1.54) is 37.4 Å². The number of hydrogen-bond acceptors (Lipinski definition) is 2. The van der Waals surface area contributed by atoms with Crippen molar-refractivity contribution in [2.75, 3.05) is 24.6 Å². The Morgan fingerprint density at radius 2 is 2.25 bits per heavy atom. The van der Waals surface area contributed by atoms with Crippen molar-refractivity contribution in [1.82, 2.24) is 5.32 Å². The van der Waals surface area contributed by atoms with E-state index in [2.05, 4.69) is 19.2 Å². The molecule has 0 aromatic carbocycles. The summed E-state index contributed by atoms with van der Waals surface area (Å²) in [4.78, 5) is 0. The molecular weight excluding hydrogens is 166 g/mol. The summed E-state index contributed by atoms with van der Waals surface area (Å²) in [6, 6.07) is 0. The highest BCUT2D eigenvalue weighted by Gasteiger charge is 2.27. The second-order valence-electron chi connectivity index (χ2n) is 3.72. The molecule has 0 spiro atoms. The third kappa shape index (κ3) is 4.36. The van der Waals surface area contributed by atoms with Crippen molar-refractivity contribution < 1.29 is 0 Å². The highest BCUT2D eigenvalue weighted by Crippen LogP contribution is 2.35. The fourth-order valence-electron chi connectivity index (χ4n) is 1.45. The van der Waals surface area contributed by atoms with Crippen LogP contribution in [0, 0.1) is 11.8 Å². The summed E-state index contributed by atoms with van der Waals surface area (Å²) < 4.78 is 0. The van der Waals surface area contributed by atoms with Crippen molar-refractivity contribution in [3.05, 3.63) is 0 Å². The zero-order chi connectivity index (χ0) is 8.81. The molecule has 0 aromatic heterocycles. The minimum Gasteiger partial charge on any atom is -0.316 e. The molecule has 1 N–H and O–H groups in total. The predicted octanol–water partition coefficient (Wildman–Crippen LogP) is 2.38. The molecule has 72 valence electrons. The maximum absolute atomic E-state index is 3.52. The lowest BCUT2D eigenvalue weighted by Crippen LogP contribution is -2.24. The normalized spacial score (nSPS) is 19.5. The largest absolute Gasteiger partial charge is 0.316 e. The van der Waals surface area contributed by atoms with Gasteiger partial charge in [0.2, 0.25) is 0 Å². The highest BCUT2D eigenvalue weighted by atomic mass is 32.2. The average Bonchev–Trinajstić information content (AvgIpc) is 2.86. The Hall–Kier alpha value is 0.310. The van der Waals surface area contributed by atoms with Gasteiger partial charge in [-0.2, -0.15) is 11.8 Å². The maximum Gasteiger partial charge on any atom is 0.00580 e. The number of rotatable bonds is 7. The SMILES string of the molecule is CCSCCNCC(C)C1CC1. The van der Waals surface area contributed by atoms with E-state index in [-0.39, 0.29) is 0 Å². The molecule has 2 heteroatoms. The number of thioether (sulfide) groups is 1. The lowest BCUT2D eigenvalue weighted by atomic mass is 10.1. The van der Waals surface area contributed by atoms with Gasteiger partial charge in [0, 0.05) is 12.3 Å². The molecule has 1 fully saturated rings. The first-order valence-corrected chi connectivity index (χ1v) is 6.28. The molecule has 1 saturated carbocycles. The summed E-state index contributed by atoms with van der Waals surface area (Å²) in [5.74, 6) is 4.49. The van der Waals surface area contributed by atoms with Crippen LogP contribution in [0.4, 0.5) is 0 Å². The van der Waals surface area contributed by atoms with Crippen LogP contribution in [0.3, 0.4) is 0 Å². The van der Waals surface area contributed by atoms with E-state index in [1.807, 2.05) is 11.8 Å². The van der Waals surface area contributed by atoms with Crippen molar-refractivity contribution >= 4 is 11.8 Å². The third-order valence-corrected chi connectivity index (χ3v) is 3.42. The molecule has 0 amide bonds. The molecule has 1 atom stereocenters. The highest BCUT2D eigenvalue weighted by molar-refractivity contribution is 7.99. The molecule has 1 unspecified atom stereocenters. The van der Waals surface area contributed by atoms with Gasteiger partial charge in [-0.05, 0) is 37.0 Å². The molecule has 0 heterocycles. The monoisotopic (exact) mass is 187 g/mol. The zero-order valence-corrected chi connectivity index (χ0v) is 9.12. The van der Waals surface area contributed by atoms with Crippen LogP contribution in [-0.2, 0) is 0 Å². The van der Waals surface area contributed by atoms with Gasteiger partial charge in [-0.25, -0.2) is 0 Å². The van der Waals surface area contributed by atoms with Crippen LogP contribution < -0.4 is 5.32 Å². The van der Waals surface area contributed by atoms with Gasteiger partial charge < -0.3 is 5.32 Å². The summed E-state index contributed by atoms with van der Waals surface area (Å²) in [7, 11) is 0. The molecule has 0 radical (unpaired) electrons. The van der Waals surface area contributed by atoms with Crippen molar-refractivity contribution in [3.63, 3.8) is 0 Å². The van der Waals surface area contributed by atoms with E-state index >= 15 is 0 Å². The number of nitrogens with one attached hydrogen (secondary N) is 1. The molecule has 0 bridgehead atoms. The van der Waals surface area contributed by atoms with Gasteiger partial charge in [-0.1, -0.05) is 13.8 Å². The average molecular weight is 187 g/mol. The quantitative estimate of drug-likeness (QED) is 0.614. The molecule has 1 nitrogen and oxygen atoms in total. The summed E-state index contributed by atoms with van der Waals surface area (Å²) in [6.45, 7) is 7.01. The summed E-state index contributed by atoms with van der Waals surface area (Å²) >= 11 is 2.02. The van der Waals surface area contributed by atoms with E-state index in [9.17, 15) is 0 Å². The Kier molecular flexibility index (Phi) is 5.08. The molecule has 1 aliphatic rings. The van der Waals surface area contributed by atoms with Gasteiger partial charge in [-0.3, -0.25) is 0 Å². The second kappa shape index (κ2) is 5.87. The fraction of sp³-hybridized carbons (Fsp3) is 1.00. The second-order valence-corrected chi connectivity index (χ2v) is 5.11. The third-order valence-electron chi connectivity index (χ3n) is 2.52. The molecule has 0 saturated heterocycles. The summed E-state index contributed by atoms with van der Waals surface area (Å²) in [6.07, 6.45) is 2.96. The van der Waals surface area contributed by atoms with E-state index in [0.717, 1.165) is 11.8 Å². The van der Waals surface area contributed by atoms with Crippen LogP contribution in [0.15, 0.2) is 0 Å². The van der Waals surface area contributed by atoms with E-state index in [4.69, 9.17) is 0 Å². The first-order valence-electron chi connectivity index (χ1n) is 5.13. The van der Waals surface area contributed by atoms with Crippen molar-refractivity contribution in [2.45, 2.75) is 26.7 Å². The van der Waals surface area contributed by atoms with Gasteiger partial charge in [0.05, 0.1) is 0 Å². The molecule has 12 heavy (non-hydrogen) atoms. The van der Waals surface area contributed by atoms with Crippen molar-refractivity contribution in [1.29, 1.82) is 0 Å². The van der Waals surface area contributed by atoms with E-state index in [0.29, 0.717) is 0 Å². The first-order chi connectivity index (χ1) is 5.84. The predicted molar refractivity (Wildman–Crippen MR) is 57.8 cm³/mol. The van der Waals surface area contributed by atoms with Gasteiger partial charge in [0.15, 0.2) is 0 Å². The zero-order valence-electron chi connectivity index (χ0n) is 8.31. The van der Waals surface area contributed by atoms with Crippen LogP contribution in [0.1, 0.15) is 26.7 Å². The lowest BCUT2D eigenvalue weighted by molar-refractivity contribution is 0.470. The van der Waals surface area contributed by atoms with Crippen molar-refractivity contribution in [3.8, 4) is 0 Å². The van der Waals surface area contributed by atoms with Crippen molar-refractivity contribution in [2.24, 2.45) is 11.8 Å². The van der Waals surface area contributed by atoms with Crippen LogP contribution in [-0.4, -0.2) is 24.6 Å². The number of hydrogen-bond donors (Lipinski definition) is 1. The first kappa shape index (κ1) is 10.4. The van der Waals surface area contributed by atoms with Crippen LogP contribution in [0.2, 0.25) is 0 Å². The summed E-state index contributed by atoms with van der Waals surface area (Å²) in [5, 5.41) is 3.52. The fourth-order valence-corrected chi connectivity index (χ4v) is 2.03. The molecule has 0 aromatic rings. The summed E-state index contributed by atoms with van der Waals surface area (Å²) in [5.41, 5.74) is 0. The Balaban J connectivity index is 1.81. The van der Waals surface area contributed by atoms with Gasteiger partial charge in [-0.15, -0.1) is 0 Å². The maximum atomic E-state index is 3.52. The standard InChI is InChI=1S/C10H21NS/c1-3-12-7-6-11-8-9(2)10-4-5-10/h9-11H,3-8H2,1-2H3. The van der Waals surface area contributed by atoms with Crippen LogP contribution in [0.25, 0.3) is 0 Å². The van der Waals surface area contributed by atoms with E-state index < -0.39 is 0 Å². The Bertz CT molecular complexity index is 112. The van der Waals surface area contributed by atoms with Gasteiger partial charge in [0.1, 0.15) is 0 Å². The molecule has 1 rings (SSSR count). The minimum atomic E-state index is 0.914. The smallest absolute Gasteiger partial charge is 0.00580 e. The van der Waals surface area contributed by atoms with Gasteiger partial charge >= 0.3 is 0 Å². The Morgan fingerprint density at radius 1 is 1.50 bits per heavy atom. The molecule has 0 aliphatic heterocycles. The Morgan fingerprint density at radius 3 is 2.83 bits per heavy atom.